The number of carbonyl (C=O) groups excluding carboxylic acids is 4. The molecule has 3 fully saturated rings. The van der Waals surface area contributed by atoms with Crippen molar-refractivity contribution in [1.29, 1.82) is 0 Å². The van der Waals surface area contributed by atoms with Crippen LogP contribution >= 0.6 is 0 Å². The highest BCUT2D eigenvalue weighted by Crippen LogP contribution is 2.56. The topological polar surface area (TPSA) is 135 Å². The van der Waals surface area contributed by atoms with Gasteiger partial charge in [-0.15, -0.1) is 0 Å². The highest BCUT2D eigenvalue weighted by Gasteiger charge is 2.64. The molecule has 5 N–H and O–H groups in total. The third-order valence-electron chi connectivity index (χ3n) is 11.0. The lowest BCUT2D eigenvalue weighted by Crippen LogP contribution is -2.64. The van der Waals surface area contributed by atoms with Gasteiger partial charge in [-0.25, -0.2) is 0 Å². The van der Waals surface area contributed by atoms with E-state index in [1.807, 2.05) is 97.2 Å². The molecule has 0 saturated carbocycles. The van der Waals surface area contributed by atoms with Crippen molar-refractivity contribution in [1.82, 2.24) is 25.8 Å². The molecule has 0 spiro atoms. The van der Waals surface area contributed by atoms with Crippen molar-refractivity contribution in [2.75, 3.05) is 5.32 Å². The second kappa shape index (κ2) is 11.6. The van der Waals surface area contributed by atoms with Gasteiger partial charge in [-0.05, 0) is 40.3 Å². The van der Waals surface area contributed by atoms with Gasteiger partial charge >= 0.3 is 0 Å². The second-order valence-electron chi connectivity index (χ2n) is 13.8. The maximum atomic E-state index is 14.3. The van der Waals surface area contributed by atoms with E-state index in [9.17, 15) is 19.2 Å². The summed E-state index contributed by atoms with van der Waals surface area (Å²) >= 11 is 0. The molecule has 4 aromatic carbocycles. The van der Waals surface area contributed by atoms with E-state index in [1.165, 1.54) is 0 Å². The first-order valence-electron chi connectivity index (χ1n) is 17.2. The zero-order valence-electron chi connectivity index (χ0n) is 27.2. The monoisotopic (exact) mass is 664 g/mol. The van der Waals surface area contributed by atoms with Gasteiger partial charge in [0.25, 0.3) is 0 Å². The van der Waals surface area contributed by atoms with Crippen LogP contribution in [-0.2, 0) is 43.9 Å². The Kier molecular flexibility index (Phi) is 7.01. The molecule has 50 heavy (non-hydrogen) atoms. The summed E-state index contributed by atoms with van der Waals surface area (Å²) in [5, 5.41) is 13.5. The average molecular weight is 665 g/mol. The van der Waals surface area contributed by atoms with Crippen LogP contribution in [0.2, 0.25) is 0 Å². The summed E-state index contributed by atoms with van der Waals surface area (Å²) in [4.78, 5) is 59.8. The molecular weight excluding hydrogens is 628 g/mol. The molecule has 6 atom stereocenters. The number of aromatic amines is 1. The fraction of sp³-hybridized carbons (Fsp3) is 0.250. The van der Waals surface area contributed by atoms with Crippen molar-refractivity contribution in [2.45, 2.75) is 61.4 Å². The number of nitrogens with zero attached hydrogens (tertiary/aromatic N) is 1. The minimum Gasteiger partial charge on any atom is -0.364 e. The van der Waals surface area contributed by atoms with Crippen LogP contribution in [0.5, 0.6) is 0 Å². The Bertz CT molecular complexity index is 2170. The number of fused-ring (bicyclic) bond motifs is 6. The van der Waals surface area contributed by atoms with Crippen molar-refractivity contribution in [2.24, 2.45) is 0 Å². The predicted octanol–water partition coefficient (Wildman–Crippen LogP) is 3.32. The Morgan fingerprint density at radius 2 is 1.20 bits per heavy atom. The highest BCUT2D eigenvalue weighted by atomic mass is 16.2. The SMILES string of the molecule is O=C1N[C@H](Cc2c[nH]c3c([C@]45C[C@H]6C(=O)N[C@H](Cc7ccccc7)C(=O)N6[C@H]4Nc4ccccc45)cccc23)C(=O)N[C@@H]1Cc1ccccc1. The Labute approximate surface area is 288 Å². The molecule has 0 bridgehead atoms. The average Bonchev–Trinajstić information content (AvgIpc) is 3.80. The van der Waals surface area contributed by atoms with Gasteiger partial charge in [0.2, 0.25) is 23.6 Å². The van der Waals surface area contributed by atoms with Gasteiger partial charge in [0.15, 0.2) is 0 Å². The number of rotatable bonds is 7. The summed E-state index contributed by atoms with van der Waals surface area (Å²) in [6.07, 6.45) is 2.97. The Morgan fingerprint density at radius 1 is 0.600 bits per heavy atom. The Hall–Kier alpha value is -5.90. The fourth-order valence-corrected chi connectivity index (χ4v) is 8.71. The maximum absolute atomic E-state index is 14.3. The van der Waals surface area contributed by atoms with Crippen LogP contribution in [0.1, 0.15) is 34.2 Å². The number of piperazine rings is 2. The molecule has 10 nitrogen and oxygen atoms in total. The number of nitrogens with one attached hydrogen (secondary N) is 5. The van der Waals surface area contributed by atoms with Crippen LogP contribution in [0.25, 0.3) is 10.9 Å². The van der Waals surface area contributed by atoms with Gasteiger partial charge in [0.05, 0.1) is 5.41 Å². The van der Waals surface area contributed by atoms with E-state index in [-0.39, 0.29) is 23.6 Å². The smallest absolute Gasteiger partial charge is 0.247 e. The van der Waals surface area contributed by atoms with Gasteiger partial charge in [-0.3, -0.25) is 19.2 Å². The van der Waals surface area contributed by atoms with E-state index in [1.54, 1.807) is 4.90 Å². The number of anilines is 1. The standard InChI is InChI=1S/C40H36N6O4/c47-35-30(18-23-10-3-1-4-11-23)42-36(48)31(43-35)20-25-22-41-34-26(25)14-9-16-28(34)40-21-33-37(49)44-32(19-24-12-5-2-6-13-24)38(50)46(33)39(40)45-29-17-8-7-15-27(29)40/h1-17,22,30-33,39,41,45H,18-21H2,(H,42,48)(H,43,47)(H,44,49)/t30-,31-,32-,33+,39-,40-/m1/s1. The number of amides is 4. The Morgan fingerprint density at radius 3 is 1.92 bits per heavy atom. The summed E-state index contributed by atoms with van der Waals surface area (Å²) in [7, 11) is 0. The number of benzene rings is 4. The first-order valence-corrected chi connectivity index (χ1v) is 17.2. The molecule has 10 heteroatoms. The van der Waals surface area contributed by atoms with Gasteiger partial charge < -0.3 is 31.2 Å². The molecule has 0 unspecified atom stereocenters. The fourth-order valence-electron chi connectivity index (χ4n) is 8.71. The first-order chi connectivity index (χ1) is 24.4. The van der Waals surface area contributed by atoms with Crippen molar-refractivity contribution in [3.8, 4) is 0 Å². The van der Waals surface area contributed by atoms with E-state index in [2.05, 4.69) is 38.4 Å². The predicted molar refractivity (Wildman–Crippen MR) is 188 cm³/mol. The van der Waals surface area contributed by atoms with Gasteiger partial charge in [-0.2, -0.15) is 0 Å². The molecule has 0 radical (unpaired) electrons. The van der Waals surface area contributed by atoms with Crippen LogP contribution in [0.4, 0.5) is 5.69 Å². The number of hydrogen-bond donors (Lipinski definition) is 5. The number of para-hydroxylation sites is 2. The third-order valence-corrected chi connectivity index (χ3v) is 11.0. The number of H-pyrrole nitrogens is 1. The lowest BCUT2D eigenvalue weighted by atomic mass is 9.71. The molecule has 250 valence electrons. The first kappa shape index (κ1) is 30.2. The minimum absolute atomic E-state index is 0.102. The van der Waals surface area contributed by atoms with Crippen molar-refractivity contribution >= 4 is 40.2 Å². The van der Waals surface area contributed by atoms with Crippen LogP contribution in [-0.4, -0.2) is 63.8 Å². The van der Waals surface area contributed by atoms with Crippen LogP contribution < -0.4 is 21.3 Å². The van der Waals surface area contributed by atoms with E-state index in [0.717, 1.165) is 44.4 Å². The van der Waals surface area contributed by atoms with Crippen LogP contribution in [0, 0.1) is 0 Å². The summed E-state index contributed by atoms with van der Waals surface area (Å²) < 4.78 is 0. The molecule has 5 heterocycles. The number of hydrogen-bond acceptors (Lipinski definition) is 5. The van der Waals surface area contributed by atoms with E-state index >= 15 is 0 Å². The van der Waals surface area contributed by atoms with Crippen LogP contribution in [0.15, 0.2) is 109 Å². The zero-order valence-corrected chi connectivity index (χ0v) is 27.2. The summed E-state index contributed by atoms with van der Waals surface area (Å²) in [5.74, 6) is -0.673. The molecule has 0 aliphatic carbocycles. The molecule has 3 saturated heterocycles. The molecule has 1 aromatic heterocycles. The van der Waals surface area contributed by atoms with Gasteiger partial charge in [0.1, 0.15) is 30.3 Å². The summed E-state index contributed by atoms with van der Waals surface area (Å²) in [5.41, 5.74) is 5.95. The molecular formula is C40H36N6O4. The van der Waals surface area contributed by atoms with E-state index < -0.39 is 35.7 Å². The zero-order chi connectivity index (χ0) is 34.0. The quantitative estimate of drug-likeness (QED) is 0.182. The van der Waals surface area contributed by atoms with Crippen molar-refractivity contribution < 1.29 is 19.2 Å². The minimum atomic E-state index is -0.724. The van der Waals surface area contributed by atoms with E-state index in [4.69, 9.17) is 0 Å². The van der Waals surface area contributed by atoms with Crippen LogP contribution in [0.3, 0.4) is 0 Å². The van der Waals surface area contributed by atoms with Gasteiger partial charge in [0, 0.05) is 42.0 Å². The summed E-state index contributed by atoms with van der Waals surface area (Å²) in [6.45, 7) is 0. The highest BCUT2D eigenvalue weighted by molar-refractivity contribution is 6.01. The molecule has 4 amide bonds. The normalized spacial score (nSPS) is 26.8. The number of aromatic nitrogens is 1. The lowest BCUT2D eigenvalue weighted by molar-refractivity contribution is -0.148. The molecule has 4 aliphatic heterocycles. The van der Waals surface area contributed by atoms with E-state index in [0.29, 0.717) is 25.7 Å². The largest absolute Gasteiger partial charge is 0.364 e. The summed E-state index contributed by atoms with van der Waals surface area (Å²) in [6, 6.07) is 30.9. The Balaban J connectivity index is 1.04. The molecule has 5 aromatic rings. The van der Waals surface area contributed by atoms with Crippen molar-refractivity contribution in [3.63, 3.8) is 0 Å². The number of carbonyl (C=O) groups is 4. The van der Waals surface area contributed by atoms with Gasteiger partial charge in [-0.1, -0.05) is 97.1 Å². The molecule has 9 rings (SSSR count). The third kappa shape index (κ3) is 4.69. The maximum Gasteiger partial charge on any atom is 0.247 e. The molecule has 4 aliphatic rings. The lowest BCUT2D eigenvalue weighted by Gasteiger charge is -2.38. The van der Waals surface area contributed by atoms with Crippen molar-refractivity contribution in [3.05, 3.63) is 137 Å². The second-order valence-corrected chi connectivity index (χ2v) is 13.8.